The highest BCUT2D eigenvalue weighted by Gasteiger charge is 2.21. The summed E-state index contributed by atoms with van der Waals surface area (Å²) < 4.78 is 17.6. The first-order chi connectivity index (χ1) is 16.3. The molecule has 3 heterocycles. The van der Waals surface area contributed by atoms with E-state index in [4.69, 9.17) is 5.73 Å². The Hall–Kier alpha value is -4.35. The summed E-state index contributed by atoms with van der Waals surface area (Å²) in [6.07, 6.45) is 1.41. The molecule has 35 heavy (non-hydrogen) atoms. The lowest BCUT2D eigenvalue weighted by molar-refractivity contribution is 0.262. The van der Waals surface area contributed by atoms with Gasteiger partial charge in [-0.2, -0.15) is 10.1 Å². The lowest BCUT2D eigenvalue weighted by Crippen LogP contribution is -2.23. The largest absolute Gasteiger partial charge is 0.368 e. The van der Waals surface area contributed by atoms with Crippen LogP contribution in [0.5, 0.6) is 0 Å². The number of anilines is 3. The summed E-state index contributed by atoms with van der Waals surface area (Å²) in [6, 6.07) is 3.71. The van der Waals surface area contributed by atoms with Gasteiger partial charge in [-0.25, -0.2) is 19.2 Å². The molecule has 12 heteroatoms. The van der Waals surface area contributed by atoms with Gasteiger partial charge in [-0.1, -0.05) is 20.8 Å². The highest BCUT2D eigenvalue weighted by Crippen LogP contribution is 2.28. The second-order valence-electron chi connectivity index (χ2n) is 9.28. The molecule has 0 saturated carbocycles. The lowest BCUT2D eigenvalue weighted by atomic mass is 9.92. The van der Waals surface area contributed by atoms with Crippen molar-refractivity contribution >= 4 is 34.6 Å². The molecule has 3 aromatic heterocycles. The molecule has 0 aliphatic rings. The third-order valence-corrected chi connectivity index (χ3v) is 5.53. The van der Waals surface area contributed by atoms with E-state index in [2.05, 4.69) is 30.7 Å². The maximum atomic E-state index is 14.8. The van der Waals surface area contributed by atoms with E-state index in [1.165, 1.54) is 34.6 Å². The van der Waals surface area contributed by atoms with Gasteiger partial charge in [0.15, 0.2) is 5.65 Å². The molecule has 4 aromatic rings. The maximum Gasteiger partial charge on any atom is 0.324 e. The zero-order valence-corrected chi connectivity index (χ0v) is 20.3. The molecular weight excluding hydrogens is 453 g/mol. The van der Waals surface area contributed by atoms with Crippen molar-refractivity contribution in [3.8, 4) is 11.3 Å². The predicted octanol–water partition coefficient (Wildman–Crippen LogP) is 3.10. The Labute approximate surface area is 200 Å². The van der Waals surface area contributed by atoms with Crippen LogP contribution in [0, 0.1) is 12.7 Å². The Balaban J connectivity index is 1.69. The number of hydrogen-bond acceptors (Lipinski definition) is 7. The van der Waals surface area contributed by atoms with Crippen LogP contribution in [-0.2, 0) is 19.5 Å². The number of carbonyl (C=O) groups excluding carboxylic acids is 1. The number of benzene rings is 1. The minimum Gasteiger partial charge on any atom is -0.368 e. The first-order valence-electron chi connectivity index (χ1n) is 10.8. The number of aromatic nitrogens is 6. The molecule has 4 rings (SSSR count). The van der Waals surface area contributed by atoms with Crippen LogP contribution in [0.3, 0.4) is 0 Å². The number of halogens is 1. The van der Waals surface area contributed by atoms with Gasteiger partial charge in [0.1, 0.15) is 22.8 Å². The molecule has 0 spiro atoms. The molecule has 0 radical (unpaired) electrons. The lowest BCUT2D eigenvalue weighted by Gasteiger charge is -2.14. The van der Waals surface area contributed by atoms with Gasteiger partial charge in [0, 0.05) is 31.1 Å². The smallest absolute Gasteiger partial charge is 0.324 e. The van der Waals surface area contributed by atoms with E-state index in [-0.39, 0.29) is 28.4 Å². The van der Waals surface area contributed by atoms with Gasteiger partial charge in [-0.3, -0.25) is 19.4 Å². The summed E-state index contributed by atoms with van der Waals surface area (Å²) >= 11 is 0. The number of amides is 2. The zero-order chi connectivity index (χ0) is 25.7. The third-order valence-electron chi connectivity index (χ3n) is 5.53. The van der Waals surface area contributed by atoms with Crippen LogP contribution in [0.2, 0.25) is 0 Å². The average molecular weight is 480 g/mol. The number of aryl methyl sites for hydroxylation is 3. The number of nitrogens with one attached hydrogen (secondary N) is 2. The van der Waals surface area contributed by atoms with Crippen molar-refractivity contribution in [3.63, 3.8) is 0 Å². The topological polar surface area (TPSA) is 146 Å². The second kappa shape index (κ2) is 8.46. The molecule has 1 aromatic carbocycles. The maximum absolute atomic E-state index is 14.8. The van der Waals surface area contributed by atoms with E-state index >= 15 is 0 Å². The van der Waals surface area contributed by atoms with Gasteiger partial charge in [-0.15, -0.1) is 0 Å². The quantitative estimate of drug-likeness (QED) is 0.409. The van der Waals surface area contributed by atoms with Gasteiger partial charge in [0.25, 0.3) is 5.56 Å². The number of nitrogens with two attached hydrogens (primary N) is 1. The van der Waals surface area contributed by atoms with Crippen LogP contribution in [0.15, 0.2) is 29.2 Å². The Morgan fingerprint density at radius 3 is 2.49 bits per heavy atom. The number of hydrogen-bond donors (Lipinski definition) is 3. The minimum absolute atomic E-state index is 0.0144. The van der Waals surface area contributed by atoms with E-state index in [9.17, 15) is 14.0 Å². The summed E-state index contributed by atoms with van der Waals surface area (Å²) in [5.41, 5.74) is 7.16. The highest BCUT2D eigenvalue weighted by molar-refractivity contribution is 5.99. The van der Waals surface area contributed by atoms with E-state index < -0.39 is 17.4 Å². The van der Waals surface area contributed by atoms with Crippen molar-refractivity contribution in [2.75, 3.05) is 16.4 Å². The predicted molar refractivity (Wildman–Crippen MR) is 132 cm³/mol. The summed E-state index contributed by atoms with van der Waals surface area (Å²) in [5, 5.41) is 9.59. The van der Waals surface area contributed by atoms with Gasteiger partial charge in [0.05, 0.1) is 17.6 Å². The normalized spacial score (nSPS) is 11.6. The molecule has 2 amide bonds. The first-order valence-corrected chi connectivity index (χ1v) is 10.8. The fraction of sp³-hybridized carbons (Fsp3) is 0.304. The van der Waals surface area contributed by atoms with Crippen molar-refractivity contribution in [2.45, 2.75) is 33.1 Å². The number of urea groups is 1. The van der Waals surface area contributed by atoms with E-state index in [0.29, 0.717) is 22.5 Å². The van der Waals surface area contributed by atoms with Gasteiger partial charge in [0.2, 0.25) is 5.95 Å². The monoisotopic (exact) mass is 479 g/mol. The van der Waals surface area contributed by atoms with Crippen LogP contribution in [0.25, 0.3) is 22.4 Å². The average Bonchev–Trinajstić information content (AvgIpc) is 3.14. The standard InChI is InChI=1S/C23H26FN9O2/c1-11-7-13(24)14(28-22(35)29-17-9-16(23(2,3)4)31-33(17)6)8-12(11)18-20(34)32(5)19-15(27-18)10-26-21(25)30-19/h7-10H,1-6H3,(H2,25,26,30)(H2,28,29,35). The van der Waals surface area contributed by atoms with Crippen LogP contribution in [-0.4, -0.2) is 35.3 Å². The van der Waals surface area contributed by atoms with Crippen LogP contribution >= 0.6 is 0 Å². The van der Waals surface area contributed by atoms with Crippen molar-refractivity contribution in [2.24, 2.45) is 14.1 Å². The Morgan fingerprint density at radius 1 is 1.11 bits per heavy atom. The SMILES string of the molecule is Cc1cc(F)c(NC(=O)Nc2cc(C(C)(C)C)nn2C)cc1-c1nc2cnc(N)nc2n(C)c1=O. The molecule has 182 valence electrons. The number of carbonyl (C=O) groups is 1. The molecule has 0 atom stereocenters. The Morgan fingerprint density at radius 2 is 1.83 bits per heavy atom. The van der Waals surface area contributed by atoms with Crippen LogP contribution in [0.4, 0.5) is 26.6 Å². The summed E-state index contributed by atoms with van der Waals surface area (Å²) in [7, 11) is 3.24. The van der Waals surface area contributed by atoms with Crippen molar-refractivity contribution in [3.05, 3.63) is 51.8 Å². The van der Waals surface area contributed by atoms with Crippen molar-refractivity contribution < 1.29 is 9.18 Å². The molecule has 4 N–H and O–H groups in total. The Bertz CT molecular complexity index is 1530. The van der Waals surface area contributed by atoms with Gasteiger partial charge < -0.3 is 11.1 Å². The van der Waals surface area contributed by atoms with Crippen molar-refractivity contribution in [1.29, 1.82) is 0 Å². The summed E-state index contributed by atoms with van der Waals surface area (Å²) in [6.45, 7) is 7.67. The molecular formula is C23H26FN9O2. The van der Waals surface area contributed by atoms with E-state index in [0.717, 1.165) is 5.69 Å². The first kappa shape index (κ1) is 23.8. The Kier molecular flexibility index (Phi) is 5.75. The van der Waals surface area contributed by atoms with E-state index in [1.54, 1.807) is 20.0 Å². The molecule has 0 aliphatic heterocycles. The van der Waals surface area contributed by atoms with Crippen LogP contribution in [0.1, 0.15) is 32.0 Å². The number of rotatable bonds is 3. The highest BCUT2D eigenvalue weighted by atomic mass is 19.1. The molecule has 0 unspecified atom stereocenters. The molecule has 0 saturated heterocycles. The molecule has 0 fully saturated rings. The molecule has 0 aliphatic carbocycles. The van der Waals surface area contributed by atoms with Crippen molar-refractivity contribution in [1.82, 2.24) is 29.3 Å². The zero-order valence-electron chi connectivity index (χ0n) is 20.3. The number of fused-ring (bicyclic) bond motifs is 1. The van der Waals surface area contributed by atoms with Crippen LogP contribution < -0.4 is 21.9 Å². The van der Waals surface area contributed by atoms with E-state index in [1.807, 2.05) is 20.8 Å². The number of nitrogen functional groups attached to an aromatic ring is 1. The van der Waals surface area contributed by atoms with Gasteiger partial charge in [-0.05, 0) is 24.6 Å². The fourth-order valence-electron chi connectivity index (χ4n) is 3.55. The third kappa shape index (κ3) is 4.54. The summed E-state index contributed by atoms with van der Waals surface area (Å²) in [5.74, 6) is -0.194. The molecule has 0 bridgehead atoms. The second-order valence-corrected chi connectivity index (χ2v) is 9.28. The molecule has 11 nitrogen and oxygen atoms in total. The minimum atomic E-state index is -0.662. The van der Waals surface area contributed by atoms with Gasteiger partial charge >= 0.3 is 6.03 Å². The fourth-order valence-corrected chi connectivity index (χ4v) is 3.55. The number of nitrogens with zero attached hydrogens (tertiary/aromatic N) is 6. The summed E-state index contributed by atoms with van der Waals surface area (Å²) in [4.78, 5) is 38.1.